The lowest BCUT2D eigenvalue weighted by Crippen LogP contribution is -2.23. The van der Waals surface area contributed by atoms with Crippen LogP contribution in [0.3, 0.4) is 0 Å². The van der Waals surface area contributed by atoms with Gasteiger partial charge in [0.15, 0.2) is 0 Å². The number of hydrogen-bond donors (Lipinski definition) is 0. The fourth-order valence-electron chi connectivity index (χ4n) is 2.14. The first kappa shape index (κ1) is 14.8. The normalized spacial score (nSPS) is 13.2. The lowest BCUT2D eigenvalue weighted by Gasteiger charge is -2.24. The second-order valence-corrected chi connectivity index (χ2v) is 6.54. The van der Waals surface area contributed by atoms with Crippen molar-refractivity contribution < 1.29 is 0 Å². The first-order valence-corrected chi connectivity index (χ1v) is 8.17. The Labute approximate surface area is 127 Å². The zero-order chi connectivity index (χ0) is 14.0. The Hall–Kier alpha value is -0.650. The van der Waals surface area contributed by atoms with Crippen molar-refractivity contribution >= 4 is 27.3 Å². The van der Waals surface area contributed by atoms with E-state index in [0.717, 1.165) is 23.3 Å². The molecule has 0 fully saturated rings. The average Bonchev–Trinajstić information content (AvgIpc) is 3.01. The Kier molecular flexibility index (Phi) is 4.81. The zero-order valence-corrected chi connectivity index (χ0v) is 14.3. The van der Waals surface area contributed by atoms with E-state index in [4.69, 9.17) is 0 Å². The van der Waals surface area contributed by atoms with Crippen molar-refractivity contribution in [2.24, 2.45) is 0 Å². The maximum atomic E-state index is 4.55. The van der Waals surface area contributed by atoms with Crippen LogP contribution < -0.4 is 0 Å². The van der Waals surface area contributed by atoms with Crippen LogP contribution in [0.4, 0.5) is 0 Å². The van der Waals surface area contributed by atoms with Gasteiger partial charge in [0.25, 0.3) is 0 Å². The van der Waals surface area contributed by atoms with E-state index in [9.17, 15) is 0 Å². The van der Waals surface area contributed by atoms with E-state index in [1.54, 1.807) is 0 Å². The van der Waals surface area contributed by atoms with Gasteiger partial charge in [-0.3, -0.25) is 9.58 Å². The Bertz CT molecular complexity index is 533. The first-order valence-electron chi connectivity index (χ1n) is 6.50. The van der Waals surface area contributed by atoms with Gasteiger partial charge in [0, 0.05) is 24.0 Å². The molecule has 1 unspecified atom stereocenters. The van der Waals surface area contributed by atoms with Crippen molar-refractivity contribution in [2.45, 2.75) is 39.9 Å². The Morgan fingerprint density at radius 1 is 1.53 bits per heavy atom. The summed E-state index contributed by atoms with van der Waals surface area (Å²) in [4.78, 5) is 3.76. The van der Waals surface area contributed by atoms with Crippen molar-refractivity contribution in [3.8, 4) is 0 Å². The molecule has 0 aromatic carbocycles. The second kappa shape index (κ2) is 6.20. The summed E-state index contributed by atoms with van der Waals surface area (Å²) in [6.45, 7) is 8.23. The molecule has 0 saturated heterocycles. The molecule has 0 amide bonds. The molecule has 0 saturated carbocycles. The average molecular weight is 342 g/mol. The summed E-state index contributed by atoms with van der Waals surface area (Å²) < 4.78 is 3.22. The summed E-state index contributed by atoms with van der Waals surface area (Å²) >= 11 is 5.47. The van der Waals surface area contributed by atoms with Crippen LogP contribution in [-0.2, 0) is 13.1 Å². The largest absolute Gasteiger partial charge is 0.293 e. The number of hydrogen-bond acceptors (Lipinski definition) is 3. The van der Waals surface area contributed by atoms with E-state index in [0.29, 0.717) is 6.04 Å². The molecular weight excluding hydrogens is 322 g/mol. The molecule has 2 aromatic rings. The molecule has 3 nitrogen and oxygen atoms in total. The predicted octanol–water partition coefficient (Wildman–Crippen LogP) is 4.23. The van der Waals surface area contributed by atoms with Crippen molar-refractivity contribution in [2.75, 3.05) is 7.05 Å². The topological polar surface area (TPSA) is 21.1 Å². The summed E-state index contributed by atoms with van der Waals surface area (Å²) in [5.74, 6) is 0. The summed E-state index contributed by atoms with van der Waals surface area (Å²) in [6, 6.07) is 4.73. The third-order valence-electron chi connectivity index (χ3n) is 3.47. The van der Waals surface area contributed by atoms with Crippen LogP contribution in [0.15, 0.2) is 22.0 Å². The second-order valence-electron chi connectivity index (χ2n) is 4.77. The number of aromatic nitrogens is 2. The lowest BCUT2D eigenvalue weighted by molar-refractivity contribution is 0.248. The number of aryl methyl sites for hydroxylation is 2. The van der Waals surface area contributed by atoms with E-state index in [1.165, 1.54) is 10.6 Å². The first-order chi connectivity index (χ1) is 9.04. The molecule has 0 aliphatic carbocycles. The molecule has 0 N–H and O–H groups in total. The van der Waals surface area contributed by atoms with Gasteiger partial charge in [-0.1, -0.05) is 6.07 Å². The van der Waals surface area contributed by atoms with Gasteiger partial charge in [-0.25, -0.2) is 0 Å². The van der Waals surface area contributed by atoms with Crippen LogP contribution in [0.25, 0.3) is 0 Å². The number of rotatable bonds is 5. The highest BCUT2D eigenvalue weighted by Gasteiger charge is 2.18. The molecule has 2 aromatic heterocycles. The summed E-state index contributed by atoms with van der Waals surface area (Å²) in [7, 11) is 2.17. The molecule has 104 valence electrons. The fraction of sp³-hybridized carbons (Fsp3) is 0.500. The zero-order valence-electron chi connectivity index (χ0n) is 11.9. The molecule has 0 bridgehead atoms. The molecule has 2 rings (SSSR count). The van der Waals surface area contributed by atoms with E-state index in [2.05, 4.69) is 69.0 Å². The molecular formula is C14H20BrN3S. The van der Waals surface area contributed by atoms with Gasteiger partial charge in [0.1, 0.15) is 0 Å². The minimum atomic E-state index is 0.424. The molecule has 0 spiro atoms. The van der Waals surface area contributed by atoms with Crippen molar-refractivity contribution in [3.05, 3.63) is 38.3 Å². The van der Waals surface area contributed by atoms with Crippen LogP contribution in [0.2, 0.25) is 0 Å². The van der Waals surface area contributed by atoms with Gasteiger partial charge >= 0.3 is 0 Å². The Balaban J connectivity index is 2.17. The SMILES string of the molecule is CCn1nc(C)c(Br)c1CN(C)C(C)c1cccs1. The maximum absolute atomic E-state index is 4.55. The van der Waals surface area contributed by atoms with Crippen LogP contribution in [0, 0.1) is 6.92 Å². The fourth-order valence-corrected chi connectivity index (χ4v) is 3.40. The number of nitrogens with zero attached hydrogens (tertiary/aromatic N) is 3. The van der Waals surface area contributed by atoms with Gasteiger partial charge in [-0.05, 0) is 55.2 Å². The van der Waals surface area contributed by atoms with Crippen molar-refractivity contribution in [3.63, 3.8) is 0 Å². The molecule has 0 aliphatic rings. The molecule has 0 radical (unpaired) electrons. The van der Waals surface area contributed by atoms with Crippen molar-refractivity contribution in [1.29, 1.82) is 0 Å². The standard InChI is InChI=1S/C14H20BrN3S/c1-5-18-12(14(15)10(2)16-18)9-17(4)11(3)13-7-6-8-19-13/h6-8,11H,5,9H2,1-4H3. The number of halogens is 1. The lowest BCUT2D eigenvalue weighted by atomic mass is 10.2. The van der Waals surface area contributed by atoms with Gasteiger partial charge in [0.05, 0.1) is 15.9 Å². The van der Waals surface area contributed by atoms with E-state index < -0.39 is 0 Å². The van der Waals surface area contributed by atoms with Gasteiger partial charge in [-0.2, -0.15) is 5.10 Å². The highest BCUT2D eigenvalue weighted by Crippen LogP contribution is 2.27. The minimum absolute atomic E-state index is 0.424. The predicted molar refractivity (Wildman–Crippen MR) is 84.5 cm³/mol. The molecule has 5 heteroatoms. The molecule has 2 heterocycles. The maximum Gasteiger partial charge on any atom is 0.0739 e. The highest BCUT2D eigenvalue weighted by atomic mass is 79.9. The highest BCUT2D eigenvalue weighted by molar-refractivity contribution is 9.10. The quantitative estimate of drug-likeness (QED) is 0.811. The van der Waals surface area contributed by atoms with Crippen molar-refractivity contribution in [1.82, 2.24) is 14.7 Å². The van der Waals surface area contributed by atoms with E-state index in [1.807, 2.05) is 18.3 Å². The smallest absolute Gasteiger partial charge is 0.0739 e. The van der Waals surface area contributed by atoms with Crippen LogP contribution in [0.1, 0.15) is 36.2 Å². The Morgan fingerprint density at radius 3 is 2.84 bits per heavy atom. The van der Waals surface area contributed by atoms with Crippen LogP contribution >= 0.6 is 27.3 Å². The molecule has 0 aliphatic heterocycles. The summed E-state index contributed by atoms with van der Waals surface area (Å²) in [5.41, 5.74) is 2.32. The monoisotopic (exact) mass is 341 g/mol. The third-order valence-corrected chi connectivity index (χ3v) is 5.54. The van der Waals surface area contributed by atoms with E-state index in [-0.39, 0.29) is 0 Å². The van der Waals surface area contributed by atoms with Gasteiger partial charge in [-0.15, -0.1) is 11.3 Å². The van der Waals surface area contributed by atoms with Crippen LogP contribution in [-0.4, -0.2) is 21.7 Å². The summed E-state index contributed by atoms with van der Waals surface area (Å²) in [5, 5.41) is 6.68. The minimum Gasteiger partial charge on any atom is -0.293 e. The third kappa shape index (κ3) is 3.09. The van der Waals surface area contributed by atoms with Gasteiger partial charge < -0.3 is 0 Å². The number of thiophene rings is 1. The van der Waals surface area contributed by atoms with E-state index >= 15 is 0 Å². The van der Waals surface area contributed by atoms with Crippen LogP contribution in [0.5, 0.6) is 0 Å². The molecule has 1 atom stereocenters. The Morgan fingerprint density at radius 2 is 2.26 bits per heavy atom. The summed E-state index contributed by atoms with van der Waals surface area (Å²) in [6.07, 6.45) is 0. The van der Waals surface area contributed by atoms with Gasteiger partial charge in [0.2, 0.25) is 0 Å². The molecule has 19 heavy (non-hydrogen) atoms.